The summed E-state index contributed by atoms with van der Waals surface area (Å²) in [5, 5.41) is 3.49. The van der Waals surface area contributed by atoms with Crippen molar-refractivity contribution in [3.8, 4) is 0 Å². The number of hydrogen-bond acceptors (Lipinski definition) is 2. The van der Waals surface area contributed by atoms with E-state index in [2.05, 4.69) is 15.3 Å². The lowest BCUT2D eigenvalue weighted by molar-refractivity contribution is 0.513. The fraction of sp³-hybridized carbons (Fsp3) is 0.462. The fourth-order valence-electron chi connectivity index (χ4n) is 2.43. The Bertz CT molecular complexity index is 512. The lowest BCUT2D eigenvalue weighted by Gasteiger charge is -2.12. The standard InChI is InChI=1S/C13H16FN3/c14-9-5-6-10-12(8-9)17-13(16-10)11-4-2-1-3-7-15-11/h5-6,8,11,15H,1-4,7H2,(H,16,17). The molecule has 3 nitrogen and oxygen atoms in total. The maximum absolute atomic E-state index is 13.1. The number of halogens is 1. The van der Waals surface area contributed by atoms with E-state index in [4.69, 9.17) is 0 Å². The minimum Gasteiger partial charge on any atom is -0.341 e. The van der Waals surface area contributed by atoms with Crippen LogP contribution in [0.3, 0.4) is 0 Å². The summed E-state index contributed by atoms with van der Waals surface area (Å²) >= 11 is 0. The second-order valence-electron chi connectivity index (χ2n) is 4.64. The topological polar surface area (TPSA) is 40.7 Å². The van der Waals surface area contributed by atoms with Crippen molar-refractivity contribution in [2.45, 2.75) is 31.7 Å². The zero-order valence-electron chi connectivity index (χ0n) is 9.67. The van der Waals surface area contributed by atoms with Crippen LogP contribution in [-0.2, 0) is 0 Å². The zero-order chi connectivity index (χ0) is 11.7. The summed E-state index contributed by atoms with van der Waals surface area (Å²) in [4.78, 5) is 7.75. The van der Waals surface area contributed by atoms with Crippen LogP contribution in [0, 0.1) is 5.82 Å². The number of hydrogen-bond donors (Lipinski definition) is 2. The Hall–Kier alpha value is -1.42. The number of rotatable bonds is 1. The minimum atomic E-state index is -0.221. The predicted octanol–water partition coefficient (Wildman–Crippen LogP) is 2.91. The van der Waals surface area contributed by atoms with E-state index in [1.165, 1.54) is 31.4 Å². The van der Waals surface area contributed by atoms with Gasteiger partial charge in [0.2, 0.25) is 0 Å². The second kappa shape index (κ2) is 4.45. The molecule has 17 heavy (non-hydrogen) atoms. The van der Waals surface area contributed by atoms with Gasteiger partial charge in [-0.05, 0) is 37.6 Å². The van der Waals surface area contributed by atoms with Crippen LogP contribution in [0.2, 0.25) is 0 Å². The molecular formula is C13H16FN3. The number of aromatic amines is 1. The molecule has 0 amide bonds. The van der Waals surface area contributed by atoms with E-state index in [0.29, 0.717) is 0 Å². The first kappa shape index (κ1) is 10.7. The molecule has 0 spiro atoms. The number of nitrogens with zero attached hydrogens (tertiary/aromatic N) is 1. The third kappa shape index (κ3) is 2.17. The molecule has 2 aromatic rings. The summed E-state index contributed by atoms with van der Waals surface area (Å²) < 4.78 is 13.1. The van der Waals surface area contributed by atoms with E-state index in [9.17, 15) is 4.39 Å². The van der Waals surface area contributed by atoms with Gasteiger partial charge in [0.05, 0.1) is 17.1 Å². The van der Waals surface area contributed by atoms with E-state index >= 15 is 0 Å². The first-order chi connectivity index (χ1) is 8.33. The molecule has 1 unspecified atom stereocenters. The first-order valence-corrected chi connectivity index (χ1v) is 6.21. The van der Waals surface area contributed by atoms with Gasteiger partial charge in [-0.3, -0.25) is 0 Å². The van der Waals surface area contributed by atoms with Crippen LogP contribution in [0.5, 0.6) is 0 Å². The van der Waals surface area contributed by atoms with Crippen LogP contribution in [0.4, 0.5) is 4.39 Å². The lowest BCUT2D eigenvalue weighted by Crippen LogP contribution is -2.21. The van der Waals surface area contributed by atoms with Crippen molar-refractivity contribution in [3.63, 3.8) is 0 Å². The third-order valence-corrected chi connectivity index (χ3v) is 3.35. The Morgan fingerprint density at radius 2 is 2.18 bits per heavy atom. The number of benzene rings is 1. The molecule has 0 radical (unpaired) electrons. The van der Waals surface area contributed by atoms with Crippen LogP contribution in [-0.4, -0.2) is 16.5 Å². The number of fused-ring (bicyclic) bond motifs is 1. The van der Waals surface area contributed by atoms with Crippen LogP contribution in [0.1, 0.15) is 37.5 Å². The van der Waals surface area contributed by atoms with Gasteiger partial charge in [-0.15, -0.1) is 0 Å². The van der Waals surface area contributed by atoms with Crippen molar-refractivity contribution in [2.24, 2.45) is 0 Å². The monoisotopic (exact) mass is 233 g/mol. The molecule has 1 aromatic carbocycles. The molecule has 2 N–H and O–H groups in total. The zero-order valence-corrected chi connectivity index (χ0v) is 9.67. The van der Waals surface area contributed by atoms with Gasteiger partial charge in [-0.1, -0.05) is 12.8 Å². The van der Waals surface area contributed by atoms with Gasteiger partial charge < -0.3 is 10.3 Å². The highest BCUT2D eigenvalue weighted by atomic mass is 19.1. The van der Waals surface area contributed by atoms with Crippen molar-refractivity contribution >= 4 is 11.0 Å². The molecule has 1 aliphatic rings. The van der Waals surface area contributed by atoms with Crippen LogP contribution in [0.15, 0.2) is 18.2 Å². The van der Waals surface area contributed by atoms with E-state index in [0.717, 1.165) is 29.8 Å². The molecule has 1 atom stereocenters. The smallest absolute Gasteiger partial charge is 0.125 e. The minimum absolute atomic E-state index is 0.221. The molecule has 0 saturated carbocycles. The van der Waals surface area contributed by atoms with Gasteiger partial charge in [-0.2, -0.15) is 0 Å². The Kier molecular flexibility index (Phi) is 2.81. The van der Waals surface area contributed by atoms with Crippen molar-refractivity contribution in [3.05, 3.63) is 29.8 Å². The maximum Gasteiger partial charge on any atom is 0.125 e. The lowest BCUT2D eigenvalue weighted by atomic mass is 10.1. The van der Waals surface area contributed by atoms with E-state index < -0.39 is 0 Å². The van der Waals surface area contributed by atoms with E-state index in [-0.39, 0.29) is 11.9 Å². The molecule has 4 heteroatoms. The normalized spacial score (nSPS) is 21.6. The van der Waals surface area contributed by atoms with Crippen molar-refractivity contribution in [1.29, 1.82) is 0 Å². The summed E-state index contributed by atoms with van der Waals surface area (Å²) in [6.45, 7) is 1.04. The quantitative estimate of drug-likeness (QED) is 0.795. The summed E-state index contributed by atoms with van der Waals surface area (Å²) in [6.07, 6.45) is 4.83. The Labute approximate surface area is 99.4 Å². The summed E-state index contributed by atoms with van der Waals surface area (Å²) in [5.41, 5.74) is 1.62. The van der Waals surface area contributed by atoms with Gasteiger partial charge in [0.25, 0.3) is 0 Å². The van der Waals surface area contributed by atoms with Crippen molar-refractivity contribution in [1.82, 2.24) is 15.3 Å². The number of imidazole rings is 1. The maximum atomic E-state index is 13.1. The number of nitrogens with one attached hydrogen (secondary N) is 2. The van der Waals surface area contributed by atoms with Crippen LogP contribution < -0.4 is 5.32 Å². The van der Waals surface area contributed by atoms with Gasteiger partial charge in [0, 0.05) is 0 Å². The van der Waals surface area contributed by atoms with Crippen LogP contribution in [0.25, 0.3) is 11.0 Å². The summed E-state index contributed by atoms with van der Waals surface area (Å²) in [7, 11) is 0. The van der Waals surface area contributed by atoms with Crippen molar-refractivity contribution < 1.29 is 4.39 Å². The van der Waals surface area contributed by atoms with Gasteiger partial charge in [-0.25, -0.2) is 9.37 Å². The molecule has 0 aliphatic carbocycles. The Morgan fingerprint density at radius 3 is 3.12 bits per heavy atom. The molecule has 3 rings (SSSR count). The average Bonchev–Trinajstić information content (AvgIpc) is 2.57. The number of aromatic nitrogens is 2. The van der Waals surface area contributed by atoms with Crippen molar-refractivity contribution in [2.75, 3.05) is 6.54 Å². The molecule has 2 heterocycles. The molecule has 1 saturated heterocycles. The van der Waals surface area contributed by atoms with Gasteiger partial charge in [0.1, 0.15) is 11.6 Å². The average molecular weight is 233 g/mol. The fourth-order valence-corrected chi connectivity index (χ4v) is 2.43. The van der Waals surface area contributed by atoms with Crippen LogP contribution >= 0.6 is 0 Å². The molecule has 1 aliphatic heterocycles. The Morgan fingerprint density at radius 1 is 1.24 bits per heavy atom. The first-order valence-electron chi connectivity index (χ1n) is 6.21. The predicted molar refractivity (Wildman–Crippen MR) is 65.3 cm³/mol. The molecule has 0 bridgehead atoms. The van der Waals surface area contributed by atoms with Gasteiger partial charge >= 0.3 is 0 Å². The second-order valence-corrected chi connectivity index (χ2v) is 4.64. The van der Waals surface area contributed by atoms with E-state index in [1.54, 1.807) is 6.07 Å². The molecule has 1 fully saturated rings. The highest BCUT2D eigenvalue weighted by molar-refractivity contribution is 5.75. The summed E-state index contributed by atoms with van der Waals surface area (Å²) in [6, 6.07) is 4.96. The third-order valence-electron chi connectivity index (χ3n) is 3.35. The number of H-pyrrole nitrogens is 1. The summed E-state index contributed by atoms with van der Waals surface area (Å²) in [5.74, 6) is 0.717. The molecule has 90 valence electrons. The largest absolute Gasteiger partial charge is 0.341 e. The SMILES string of the molecule is Fc1ccc2nc(C3CCCCCN3)[nH]c2c1. The van der Waals surface area contributed by atoms with Gasteiger partial charge in [0.15, 0.2) is 0 Å². The Balaban J connectivity index is 1.93. The highest BCUT2D eigenvalue weighted by Crippen LogP contribution is 2.23. The van der Waals surface area contributed by atoms with E-state index in [1.807, 2.05) is 0 Å². The molecular weight excluding hydrogens is 217 g/mol. The highest BCUT2D eigenvalue weighted by Gasteiger charge is 2.17. The molecule has 1 aromatic heterocycles.